The van der Waals surface area contributed by atoms with Gasteiger partial charge in [0.05, 0.1) is 0 Å². The third-order valence-electron chi connectivity index (χ3n) is 12.2. The number of para-hydroxylation sites is 2. The Morgan fingerprint density at radius 1 is 0.279 bits per heavy atom. The maximum atomic E-state index is 6.62. The number of rotatable bonds is 6. The SMILES string of the molecule is c1ccc(N(c2ccc(N(c3ccc4sc5ccccc5c4c3)c3ccc4sc5ccccc5c4c3)cc2)c2ccc3c(c2)c2ccccc2c2c4ccccc4oc32)cc1. The largest absolute Gasteiger partial charge is 0.455 e. The van der Waals surface area contributed by atoms with E-state index in [1.54, 1.807) is 0 Å². The van der Waals surface area contributed by atoms with E-state index in [0.29, 0.717) is 0 Å². The Morgan fingerprint density at radius 2 is 0.705 bits per heavy atom. The van der Waals surface area contributed by atoms with Crippen LogP contribution in [0.2, 0.25) is 0 Å². The Kier molecular flexibility index (Phi) is 7.65. The number of anilines is 6. The van der Waals surface area contributed by atoms with Gasteiger partial charge in [0.25, 0.3) is 0 Å². The first-order valence-corrected chi connectivity index (χ1v) is 22.2. The second kappa shape index (κ2) is 13.5. The van der Waals surface area contributed by atoms with Crippen LogP contribution >= 0.6 is 22.7 Å². The van der Waals surface area contributed by atoms with Gasteiger partial charge < -0.3 is 14.2 Å². The molecule has 10 aromatic carbocycles. The summed E-state index contributed by atoms with van der Waals surface area (Å²) in [6, 6.07) is 75.0. The fourth-order valence-corrected chi connectivity index (χ4v) is 11.6. The van der Waals surface area contributed by atoms with Crippen molar-refractivity contribution in [3.8, 4) is 0 Å². The number of furan rings is 1. The molecule has 0 unspecified atom stereocenters. The zero-order valence-corrected chi connectivity index (χ0v) is 34.4. The Morgan fingerprint density at radius 3 is 1.33 bits per heavy atom. The lowest BCUT2D eigenvalue weighted by Gasteiger charge is -2.28. The molecular formula is C56H34N2OS2. The molecule has 13 rings (SSSR count). The van der Waals surface area contributed by atoms with Gasteiger partial charge >= 0.3 is 0 Å². The molecule has 0 amide bonds. The highest BCUT2D eigenvalue weighted by atomic mass is 32.1. The Bertz CT molecular complexity index is 3730. The van der Waals surface area contributed by atoms with E-state index < -0.39 is 0 Å². The van der Waals surface area contributed by atoms with Crippen molar-refractivity contribution in [2.45, 2.75) is 0 Å². The molecule has 3 heterocycles. The summed E-state index contributed by atoms with van der Waals surface area (Å²) in [5.41, 5.74) is 8.42. The van der Waals surface area contributed by atoms with E-state index in [0.717, 1.165) is 61.4 Å². The number of nitrogens with zero attached hydrogens (tertiary/aromatic N) is 2. The summed E-state index contributed by atoms with van der Waals surface area (Å²) < 4.78 is 11.8. The number of hydrogen-bond donors (Lipinski definition) is 0. The maximum Gasteiger partial charge on any atom is 0.143 e. The molecule has 0 N–H and O–H groups in total. The van der Waals surface area contributed by atoms with E-state index in [4.69, 9.17) is 4.42 Å². The van der Waals surface area contributed by atoms with Crippen molar-refractivity contribution in [3.63, 3.8) is 0 Å². The van der Waals surface area contributed by atoms with Gasteiger partial charge in [-0.05, 0) is 125 Å². The minimum atomic E-state index is 0.909. The van der Waals surface area contributed by atoms with E-state index in [2.05, 4.69) is 210 Å². The smallest absolute Gasteiger partial charge is 0.143 e. The van der Waals surface area contributed by atoms with E-state index in [1.165, 1.54) is 56.5 Å². The summed E-state index contributed by atoms with van der Waals surface area (Å²) in [7, 11) is 0. The predicted octanol–water partition coefficient (Wildman–Crippen LogP) is 17.6. The second-order valence-electron chi connectivity index (χ2n) is 15.7. The van der Waals surface area contributed by atoms with Crippen molar-refractivity contribution in [2.75, 3.05) is 9.80 Å². The topological polar surface area (TPSA) is 19.6 Å². The molecule has 0 radical (unpaired) electrons. The van der Waals surface area contributed by atoms with Gasteiger partial charge in [0.1, 0.15) is 11.2 Å². The van der Waals surface area contributed by atoms with Crippen LogP contribution in [0.15, 0.2) is 211 Å². The number of fused-ring (bicyclic) bond motifs is 14. The van der Waals surface area contributed by atoms with Crippen molar-refractivity contribution in [1.29, 1.82) is 0 Å². The van der Waals surface area contributed by atoms with Gasteiger partial charge in [-0.2, -0.15) is 0 Å². The first-order valence-electron chi connectivity index (χ1n) is 20.6. The van der Waals surface area contributed by atoms with Gasteiger partial charge in [-0.1, -0.05) is 97.1 Å². The van der Waals surface area contributed by atoms with E-state index in [-0.39, 0.29) is 0 Å². The molecule has 3 nitrogen and oxygen atoms in total. The lowest BCUT2D eigenvalue weighted by atomic mass is 9.96. The van der Waals surface area contributed by atoms with Crippen molar-refractivity contribution < 1.29 is 4.42 Å². The van der Waals surface area contributed by atoms with E-state index in [1.807, 2.05) is 28.7 Å². The molecule has 0 saturated heterocycles. The van der Waals surface area contributed by atoms with Gasteiger partial charge in [0, 0.05) is 90.6 Å². The maximum absolute atomic E-state index is 6.62. The highest BCUT2D eigenvalue weighted by molar-refractivity contribution is 7.26. The zero-order valence-electron chi connectivity index (χ0n) is 32.7. The van der Waals surface area contributed by atoms with Crippen LogP contribution < -0.4 is 9.80 Å². The number of hydrogen-bond acceptors (Lipinski definition) is 5. The monoisotopic (exact) mass is 814 g/mol. The molecule has 0 fully saturated rings. The average molecular weight is 815 g/mol. The van der Waals surface area contributed by atoms with Crippen LogP contribution in [0.3, 0.4) is 0 Å². The highest BCUT2D eigenvalue weighted by Crippen LogP contribution is 2.46. The van der Waals surface area contributed by atoms with Gasteiger partial charge in [0.15, 0.2) is 0 Å². The highest BCUT2D eigenvalue weighted by Gasteiger charge is 2.21. The van der Waals surface area contributed by atoms with Crippen LogP contribution in [-0.2, 0) is 0 Å². The minimum absolute atomic E-state index is 0.909. The van der Waals surface area contributed by atoms with Crippen LogP contribution in [0.1, 0.15) is 0 Å². The molecular weight excluding hydrogens is 781 g/mol. The van der Waals surface area contributed by atoms with Gasteiger partial charge in [-0.3, -0.25) is 0 Å². The Labute approximate surface area is 359 Å². The Hall–Kier alpha value is -7.44. The van der Waals surface area contributed by atoms with Gasteiger partial charge in [0.2, 0.25) is 0 Å². The quantitative estimate of drug-likeness (QED) is 0.156. The normalized spacial score (nSPS) is 11.9. The fraction of sp³-hybridized carbons (Fsp3) is 0. The predicted molar refractivity (Wildman–Crippen MR) is 264 cm³/mol. The van der Waals surface area contributed by atoms with Gasteiger partial charge in [-0.15, -0.1) is 22.7 Å². The molecule has 0 atom stereocenters. The zero-order chi connectivity index (χ0) is 40.0. The van der Waals surface area contributed by atoms with Crippen LogP contribution in [0.4, 0.5) is 34.1 Å². The molecule has 0 saturated carbocycles. The van der Waals surface area contributed by atoms with Crippen LogP contribution in [0.25, 0.3) is 83.8 Å². The molecule has 3 aromatic heterocycles. The third kappa shape index (κ3) is 5.41. The summed E-state index contributed by atoms with van der Waals surface area (Å²) >= 11 is 3.71. The van der Waals surface area contributed by atoms with Crippen LogP contribution in [0.5, 0.6) is 0 Å². The summed E-state index contributed by atoms with van der Waals surface area (Å²) in [5.74, 6) is 0. The van der Waals surface area contributed by atoms with Crippen molar-refractivity contribution in [3.05, 3.63) is 206 Å². The summed E-state index contributed by atoms with van der Waals surface area (Å²) in [5, 5.41) is 12.1. The Balaban J connectivity index is 0.983. The van der Waals surface area contributed by atoms with E-state index >= 15 is 0 Å². The first-order chi connectivity index (χ1) is 30.2. The molecule has 0 bridgehead atoms. The molecule has 0 aliphatic rings. The first kappa shape index (κ1) is 34.4. The van der Waals surface area contributed by atoms with Crippen molar-refractivity contribution >= 4 is 141 Å². The fourth-order valence-electron chi connectivity index (χ4n) is 9.46. The lowest BCUT2D eigenvalue weighted by molar-refractivity contribution is 0.673. The third-order valence-corrected chi connectivity index (χ3v) is 14.5. The van der Waals surface area contributed by atoms with Crippen molar-refractivity contribution in [2.24, 2.45) is 0 Å². The lowest BCUT2D eigenvalue weighted by Crippen LogP contribution is -2.12. The van der Waals surface area contributed by atoms with Crippen LogP contribution in [0, 0.1) is 0 Å². The molecule has 0 aliphatic heterocycles. The number of benzene rings is 10. The molecule has 13 aromatic rings. The van der Waals surface area contributed by atoms with Crippen LogP contribution in [-0.4, -0.2) is 0 Å². The minimum Gasteiger partial charge on any atom is -0.455 e. The van der Waals surface area contributed by atoms with Crippen molar-refractivity contribution in [1.82, 2.24) is 0 Å². The molecule has 5 heteroatoms. The molecule has 286 valence electrons. The second-order valence-corrected chi connectivity index (χ2v) is 17.8. The van der Waals surface area contributed by atoms with E-state index in [9.17, 15) is 0 Å². The standard InChI is InChI=1S/C56H34N2OS2/c1-2-12-35(13-3-1)57(38-26-29-45-47(32-38)41-14-4-5-17-44(41)55-46-18-6-9-19-50(46)59-56(45)55)36-22-24-37(25-23-36)58(39-27-30-53-48(33-39)42-15-7-10-20-51(42)60-53)40-28-31-54-49(34-40)43-16-8-11-21-52(43)61-54/h1-34H. The number of thiophene rings is 2. The van der Waals surface area contributed by atoms with Gasteiger partial charge in [-0.25, -0.2) is 0 Å². The average Bonchev–Trinajstić information content (AvgIpc) is 4.02. The summed E-state index contributed by atoms with van der Waals surface area (Å²) in [6.45, 7) is 0. The molecule has 61 heavy (non-hydrogen) atoms. The summed E-state index contributed by atoms with van der Waals surface area (Å²) in [4.78, 5) is 4.77. The summed E-state index contributed by atoms with van der Waals surface area (Å²) in [6.07, 6.45) is 0. The molecule has 0 aliphatic carbocycles. The molecule has 0 spiro atoms.